The number of hydrogen-bond donors (Lipinski definition) is 0. The van der Waals surface area contributed by atoms with Crippen molar-refractivity contribution < 1.29 is 0 Å². The lowest BCUT2D eigenvalue weighted by Crippen LogP contribution is -2.09. The van der Waals surface area contributed by atoms with Crippen LogP contribution >= 0.6 is 12.2 Å². The Morgan fingerprint density at radius 3 is 2.21 bits per heavy atom. The summed E-state index contributed by atoms with van der Waals surface area (Å²) in [6.45, 7) is 2.09. The minimum Gasteiger partial charge on any atom is -0.306 e. The van der Waals surface area contributed by atoms with Crippen LogP contribution < -0.4 is 0 Å². The van der Waals surface area contributed by atoms with Gasteiger partial charge in [-0.3, -0.25) is 0 Å². The zero-order valence-electron chi connectivity index (χ0n) is 13.4. The van der Waals surface area contributed by atoms with Gasteiger partial charge in [0.1, 0.15) is 4.99 Å². The van der Waals surface area contributed by atoms with E-state index in [1.54, 1.807) is 0 Å². The van der Waals surface area contributed by atoms with E-state index >= 15 is 0 Å². The second-order valence-electron chi connectivity index (χ2n) is 5.97. The van der Waals surface area contributed by atoms with Crippen molar-refractivity contribution in [2.75, 3.05) is 0 Å². The maximum absolute atomic E-state index is 5.78. The number of nitrogens with zero attached hydrogens (tertiary/aromatic N) is 1. The number of thiocarbonyl (C=S) groups is 1. The maximum atomic E-state index is 5.78. The highest BCUT2D eigenvalue weighted by Crippen LogP contribution is 2.31. The van der Waals surface area contributed by atoms with E-state index in [0.717, 1.165) is 16.1 Å². The van der Waals surface area contributed by atoms with Crippen LogP contribution in [0.3, 0.4) is 0 Å². The molecule has 0 saturated heterocycles. The second-order valence-corrected chi connectivity index (χ2v) is 6.35. The average molecular weight is 327 g/mol. The molecule has 0 amide bonds. The van der Waals surface area contributed by atoms with Crippen molar-refractivity contribution in [1.82, 2.24) is 4.57 Å². The first-order valence-corrected chi connectivity index (χ1v) is 8.42. The lowest BCUT2D eigenvalue weighted by atomic mass is 10.1. The molecule has 4 rings (SSSR count). The monoisotopic (exact) mass is 327 g/mol. The van der Waals surface area contributed by atoms with Gasteiger partial charge in [0.2, 0.25) is 0 Å². The van der Waals surface area contributed by atoms with Gasteiger partial charge in [0.05, 0.1) is 5.52 Å². The van der Waals surface area contributed by atoms with E-state index < -0.39 is 0 Å². The van der Waals surface area contributed by atoms with Gasteiger partial charge in [-0.25, -0.2) is 0 Å². The number of rotatable bonds is 2. The summed E-state index contributed by atoms with van der Waals surface area (Å²) < 4.78 is 2.12. The van der Waals surface area contributed by atoms with Crippen molar-refractivity contribution in [3.8, 4) is 11.1 Å². The largest absolute Gasteiger partial charge is 0.306 e. The Kier molecular flexibility index (Phi) is 3.75. The molecular formula is C22H17NS. The lowest BCUT2D eigenvalue weighted by Gasteiger charge is -2.07. The topological polar surface area (TPSA) is 4.93 Å². The molecule has 1 heterocycles. The molecule has 0 atom stereocenters. The van der Waals surface area contributed by atoms with Crippen LogP contribution in [0.1, 0.15) is 11.1 Å². The van der Waals surface area contributed by atoms with Gasteiger partial charge in [-0.15, -0.1) is 0 Å². The van der Waals surface area contributed by atoms with E-state index in [2.05, 4.69) is 90.5 Å². The van der Waals surface area contributed by atoms with Gasteiger partial charge in [0, 0.05) is 22.7 Å². The first kappa shape index (κ1) is 14.9. The highest BCUT2D eigenvalue weighted by Gasteiger charge is 2.13. The van der Waals surface area contributed by atoms with Gasteiger partial charge in [-0.05, 0) is 18.6 Å². The minimum absolute atomic E-state index is 0.827. The molecule has 0 aliphatic rings. The Balaban J connectivity index is 1.90. The Labute approximate surface area is 147 Å². The first-order chi connectivity index (χ1) is 11.7. The van der Waals surface area contributed by atoms with E-state index in [1.807, 2.05) is 6.07 Å². The molecule has 0 unspecified atom stereocenters. The fraction of sp³-hybridized carbons (Fsp3) is 0.0455. The van der Waals surface area contributed by atoms with Crippen LogP contribution in [-0.4, -0.2) is 9.56 Å². The van der Waals surface area contributed by atoms with Crippen molar-refractivity contribution in [2.45, 2.75) is 6.92 Å². The van der Waals surface area contributed by atoms with Crippen molar-refractivity contribution in [2.24, 2.45) is 0 Å². The molecule has 116 valence electrons. The SMILES string of the molecule is Cc1ccc(C(=S)n2cc(-c3ccccc3)c3ccccc32)cc1. The minimum atomic E-state index is 0.827. The number of fused-ring (bicyclic) bond motifs is 1. The molecule has 0 aliphatic heterocycles. The summed E-state index contributed by atoms with van der Waals surface area (Å²) in [5, 5.41) is 1.22. The highest BCUT2D eigenvalue weighted by molar-refractivity contribution is 7.80. The van der Waals surface area contributed by atoms with Crippen LogP contribution in [0.5, 0.6) is 0 Å². The van der Waals surface area contributed by atoms with Gasteiger partial charge in [0.25, 0.3) is 0 Å². The van der Waals surface area contributed by atoms with Gasteiger partial charge < -0.3 is 4.57 Å². The van der Waals surface area contributed by atoms with Crippen LogP contribution in [0.15, 0.2) is 85.1 Å². The van der Waals surface area contributed by atoms with Gasteiger partial charge in [-0.1, -0.05) is 90.6 Å². The predicted molar refractivity (Wildman–Crippen MR) is 106 cm³/mol. The normalized spacial score (nSPS) is 10.9. The van der Waals surface area contributed by atoms with Gasteiger partial charge in [0.15, 0.2) is 0 Å². The molecule has 0 N–H and O–H groups in total. The standard InChI is InChI=1S/C22H17NS/c1-16-11-13-18(14-12-16)22(24)23-15-20(17-7-3-2-4-8-17)19-9-5-6-10-21(19)23/h2-15H,1H3. The maximum Gasteiger partial charge on any atom is 0.117 e. The molecular weight excluding hydrogens is 310 g/mol. The van der Waals surface area contributed by atoms with E-state index in [1.165, 1.54) is 22.1 Å². The molecule has 4 aromatic rings. The van der Waals surface area contributed by atoms with Crippen LogP contribution in [0, 0.1) is 6.92 Å². The van der Waals surface area contributed by atoms with Crippen LogP contribution in [0.4, 0.5) is 0 Å². The molecule has 3 aromatic carbocycles. The third-order valence-corrected chi connectivity index (χ3v) is 4.75. The summed E-state index contributed by atoms with van der Waals surface area (Å²) in [7, 11) is 0. The van der Waals surface area contributed by atoms with E-state index in [0.29, 0.717) is 0 Å². The van der Waals surface area contributed by atoms with Crippen LogP contribution in [-0.2, 0) is 0 Å². The first-order valence-electron chi connectivity index (χ1n) is 8.01. The number of hydrogen-bond acceptors (Lipinski definition) is 1. The molecule has 2 heteroatoms. The summed E-state index contributed by atoms with van der Waals surface area (Å²) in [4.78, 5) is 0.827. The summed E-state index contributed by atoms with van der Waals surface area (Å²) in [5.41, 5.74) is 5.86. The third-order valence-electron chi connectivity index (χ3n) is 4.31. The van der Waals surface area contributed by atoms with Crippen LogP contribution in [0.2, 0.25) is 0 Å². The summed E-state index contributed by atoms with van der Waals surface area (Å²) in [6, 6.07) is 27.3. The van der Waals surface area contributed by atoms with E-state index in [-0.39, 0.29) is 0 Å². The van der Waals surface area contributed by atoms with Crippen LogP contribution in [0.25, 0.3) is 22.0 Å². The Morgan fingerprint density at radius 1 is 0.792 bits per heavy atom. The molecule has 0 fully saturated rings. The van der Waals surface area contributed by atoms with Gasteiger partial charge >= 0.3 is 0 Å². The summed E-state index contributed by atoms with van der Waals surface area (Å²) in [6.07, 6.45) is 2.15. The zero-order chi connectivity index (χ0) is 16.5. The highest BCUT2D eigenvalue weighted by atomic mass is 32.1. The Bertz CT molecular complexity index is 1010. The fourth-order valence-corrected chi connectivity index (χ4v) is 3.32. The molecule has 0 aliphatic carbocycles. The number of para-hydroxylation sites is 1. The number of aromatic nitrogens is 1. The molecule has 24 heavy (non-hydrogen) atoms. The molecule has 0 saturated carbocycles. The predicted octanol–water partition coefficient (Wildman–Crippen LogP) is 5.84. The molecule has 0 radical (unpaired) electrons. The molecule has 0 spiro atoms. The quantitative estimate of drug-likeness (QED) is 0.419. The fourth-order valence-electron chi connectivity index (χ4n) is 3.03. The van der Waals surface area contributed by atoms with Gasteiger partial charge in [-0.2, -0.15) is 0 Å². The average Bonchev–Trinajstić information content (AvgIpc) is 3.02. The summed E-state index contributed by atoms with van der Waals surface area (Å²) >= 11 is 5.78. The van der Waals surface area contributed by atoms with E-state index in [9.17, 15) is 0 Å². The van der Waals surface area contributed by atoms with Crippen molar-refractivity contribution >= 4 is 28.1 Å². The Hall–Kier alpha value is -2.71. The number of aryl methyl sites for hydroxylation is 1. The lowest BCUT2D eigenvalue weighted by molar-refractivity contribution is 1.24. The smallest absolute Gasteiger partial charge is 0.117 e. The zero-order valence-corrected chi connectivity index (χ0v) is 14.3. The second kappa shape index (κ2) is 6.06. The van der Waals surface area contributed by atoms with Crippen molar-refractivity contribution in [1.29, 1.82) is 0 Å². The molecule has 1 nitrogen and oxygen atoms in total. The molecule has 1 aromatic heterocycles. The summed E-state index contributed by atoms with van der Waals surface area (Å²) in [5.74, 6) is 0. The van der Waals surface area contributed by atoms with Crippen molar-refractivity contribution in [3.05, 3.63) is 96.2 Å². The third kappa shape index (κ3) is 2.55. The Morgan fingerprint density at radius 2 is 1.46 bits per heavy atom. The number of benzene rings is 3. The molecule has 0 bridgehead atoms. The van der Waals surface area contributed by atoms with E-state index in [4.69, 9.17) is 12.2 Å². The van der Waals surface area contributed by atoms with Crippen molar-refractivity contribution in [3.63, 3.8) is 0 Å².